The van der Waals surface area contributed by atoms with Crippen molar-refractivity contribution < 1.29 is 8.42 Å². The van der Waals surface area contributed by atoms with Gasteiger partial charge in [0.15, 0.2) is 0 Å². The Hall–Kier alpha value is -1.86. The van der Waals surface area contributed by atoms with Gasteiger partial charge < -0.3 is 0 Å². The fourth-order valence-corrected chi connectivity index (χ4v) is 1.71. The molecule has 0 aliphatic heterocycles. The highest BCUT2D eigenvalue weighted by molar-refractivity contribution is 7.89. The van der Waals surface area contributed by atoms with Crippen LogP contribution in [0, 0.1) is 0 Å². The first-order chi connectivity index (χ1) is 7.55. The van der Waals surface area contributed by atoms with E-state index < -0.39 is 10.0 Å². The van der Waals surface area contributed by atoms with E-state index in [2.05, 4.69) is 10.4 Å². The highest BCUT2D eigenvalue weighted by atomic mass is 32.2. The molecule has 1 heterocycles. The normalized spacial score (nSPS) is 11.3. The molecule has 0 aliphatic carbocycles. The van der Waals surface area contributed by atoms with E-state index in [0.717, 1.165) is 5.69 Å². The molecule has 1 aromatic carbocycles. The van der Waals surface area contributed by atoms with Gasteiger partial charge in [-0.25, -0.2) is 18.5 Å². The van der Waals surface area contributed by atoms with Gasteiger partial charge in [-0.1, -0.05) is 0 Å². The maximum Gasteiger partial charge on any atom is 0.238 e. The van der Waals surface area contributed by atoms with E-state index in [1.807, 2.05) is 0 Å². The number of benzene rings is 1. The molecule has 7 heteroatoms. The Bertz CT molecular complexity index is 560. The second kappa shape index (κ2) is 3.95. The molecule has 0 radical (unpaired) electrons. The van der Waals surface area contributed by atoms with Gasteiger partial charge >= 0.3 is 0 Å². The molecular weight excluding hydrogens is 228 g/mol. The molecule has 6 nitrogen and oxygen atoms in total. The molecular formula is C9H10N4O2S. The van der Waals surface area contributed by atoms with Gasteiger partial charge in [-0.2, -0.15) is 0 Å². The predicted octanol–water partition coefficient (Wildman–Crippen LogP) is 0.406. The third-order valence-electron chi connectivity index (χ3n) is 1.95. The molecule has 0 saturated heterocycles. The number of hydrogen-bond acceptors (Lipinski definition) is 4. The zero-order chi connectivity index (χ0) is 11.6. The lowest BCUT2D eigenvalue weighted by Gasteiger charge is -2.06. The summed E-state index contributed by atoms with van der Waals surface area (Å²) in [4.78, 5) is 3.95. The molecule has 0 aliphatic rings. The van der Waals surface area contributed by atoms with Crippen molar-refractivity contribution in [1.29, 1.82) is 0 Å². The summed E-state index contributed by atoms with van der Waals surface area (Å²) >= 11 is 0. The Balaban J connectivity index is 2.20. The van der Waals surface area contributed by atoms with Crippen LogP contribution in [0.2, 0.25) is 0 Å². The van der Waals surface area contributed by atoms with Crippen molar-refractivity contribution >= 4 is 15.7 Å². The van der Waals surface area contributed by atoms with Crippen LogP contribution in [0.5, 0.6) is 0 Å². The summed E-state index contributed by atoms with van der Waals surface area (Å²) in [5.41, 5.74) is 3.72. The Morgan fingerprint density at radius 1 is 1.25 bits per heavy atom. The Morgan fingerprint density at radius 2 is 1.94 bits per heavy atom. The van der Waals surface area contributed by atoms with Crippen molar-refractivity contribution in [3.63, 3.8) is 0 Å². The molecule has 0 spiro atoms. The first kappa shape index (κ1) is 10.7. The number of anilines is 1. The maximum atomic E-state index is 11.0. The number of rotatable bonds is 3. The average Bonchev–Trinajstić information content (AvgIpc) is 2.70. The SMILES string of the molecule is NS(=O)(=O)c1ccc(Nn2ccnc2)cc1. The molecule has 2 aromatic rings. The summed E-state index contributed by atoms with van der Waals surface area (Å²) < 4.78 is 23.7. The smallest absolute Gasteiger partial charge is 0.238 e. The van der Waals surface area contributed by atoms with Crippen LogP contribution in [0.1, 0.15) is 0 Å². The fraction of sp³-hybridized carbons (Fsp3) is 0. The van der Waals surface area contributed by atoms with E-state index in [1.54, 1.807) is 35.5 Å². The minimum atomic E-state index is -3.63. The lowest BCUT2D eigenvalue weighted by atomic mass is 10.3. The number of aromatic nitrogens is 2. The topological polar surface area (TPSA) is 90.0 Å². The van der Waals surface area contributed by atoms with Gasteiger partial charge in [0.05, 0.1) is 10.6 Å². The van der Waals surface area contributed by atoms with Crippen LogP contribution in [-0.2, 0) is 10.0 Å². The molecule has 0 fully saturated rings. The van der Waals surface area contributed by atoms with Crippen LogP contribution in [0.4, 0.5) is 5.69 Å². The number of hydrogen-bond donors (Lipinski definition) is 2. The monoisotopic (exact) mass is 238 g/mol. The van der Waals surface area contributed by atoms with Crippen LogP contribution in [-0.4, -0.2) is 18.1 Å². The van der Waals surface area contributed by atoms with Gasteiger partial charge in [0.2, 0.25) is 10.0 Å². The standard InChI is InChI=1S/C9H10N4O2S/c10-16(14,15)9-3-1-8(2-4-9)12-13-6-5-11-7-13/h1-7,12H,(H2,10,14,15). The van der Waals surface area contributed by atoms with Crippen molar-refractivity contribution in [3.05, 3.63) is 43.0 Å². The minimum Gasteiger partial charge on any atom is -0.293 e. The van der Waals surface area contributed by atoms with E-state index in [4.69, 9.17) is 5.14 Å². The minimum absolute atomic E-state index is 0.0867. The van der Waals surface area contributed by atoms with Crippen molar-refractivity contribution in [2.75, 3.05) is 5.43 Å². The molecule has 1 aromatic heterocycles. The maximum absolute atomic E-state index is 11.0. The number of nitrogens with one attached hydrogen (secondary N) is 1. The lowest BCUT2D eigenvalue weighted by molar-refractivity contribution is 0.598. The second-order valence-electron chi connectivity index (χ2n) is 3.15. The van der Waals surface area contributed by atoms with E-state index in [0.29, 0.717) is 0 Å². The van der Waals surface area contributed by atoms with Crippen molar-refractivity contribution in [2.24, 2.45) is 5.14 Å². The first-order valence-corrected chi connectivity index (χ1v) is 5.98. The van der Waals surface area contributed by atoms with Gasteiger partial charge in [-0.05, 0) is 24.3 Å². The van der Waals surface area contributed by atoms with Gasteiger partial charge in [-0.3, -0.25) is 10.1 Å². The lowest BCUT2D eigenvalue weighted by Crippen LogP contribution is -2.12. The summed E-state index contributed by atoms with van der Waals surface area (Å²) in [6.45, 7) is 0. The van der Waals surface area contributed by atoms with Crippen LogP contribution in [0.25, 0.3) is 0 Å². The summed E-state index contributed by atoms with van der Waals surface area (Å²) in [6.07, 6.45) is 4.95. The van der Waals surface area contributed by atoms with Crippen molar-refractivity contribution in [2.45, 2.75) is 4.90 Å². The quantitative estimate of drug-likeness (QED) is 0.810. The van der Waals surface area contributed by atoms with E-state index in [9.17, 15) is 8.42 Å². The number of primary sulfonamides is 1. The third kappa shape index (κ3) is 2.38. The van der Waals surface area contributed by atoms with Crippen molar-refractivity contribution in [3.8, 4) is 0 Å². The Kier molecular flexibility index (Phi) is 2.63. The van der Waals surface area contributed by atoms with Crippen LogP contribution < -0.4 is 10.6 Å². The molecule has 16 heavy (non-hydrogen) atoms. The summed E-state index contributed by atoms with van der Waals surface area (Å²) in [5, 5.41) is 4.98. The highest BCUT2D eigenvalue weighted by Crippen LogP contribution is 2.12. The van der Waals surface area contributed by atoms with Gasteiger partial charge in [-0.15, -0.1) is 0 Å². The summed E-state index contributed by atoms with van der Waals surface area (Å²) in [5.74, 6) is 0. The zero-order valence-electron chi connectivity index (χ0n) is 8.24. The largest absolute Gasteiger partial charge is 0.293 e. The van der Waals surface area contributed by atoms with Gasteiger partial charge in [0.1, 0.15) is 6.33 Å². The van der Waals surface area contributed by atoms with E-state index in [1.165, 1.54) is 12.1 Å². The van der Waals surface area contributed by atoms with Crippen LogP contribution >= 0.6 is 0 Å². The van der Waals surface area contributed by atoms with E-state index in [-0.39, 0.29) is 4.90 Å². The van der Waals surface area contributed by atoms with Crippen molar-refractivity contribution in [1.82, 2.24) is 9.66 Å². The average molecular weight is 238 g/mol. The predicted molar refractivity (Wildman–Crippen MR) is 59.1 cm³/mol. The van der Waals surface area contributed by atoms with Crippen LogP contribution in [0.3, 0.4) is 0 Å². The highest BCUT2D eigenvalue weighted by Gasteiger charge is 2.06. The summed E-state index contributed by atoms with van der Waals surface area (Å²) in [6, 6.07) is 6.13. The Labute approximate surface area is 92.7 Å². The molecule has 84 valence electrons. The number of sulfonamides is 1. The van der Waals surface area contributed by atoms with Gasteiger partial charge in [0.25, 0.3) is 0 Å². The third-order valence-corrected chi connectivity index (χ3v) is 2.87. The molecule has 2 rings (SSSR count). The number of nitrogens with zero attached hydrogens (tertiary/aromatic N) is 2. The zero-order valence-corrected chi connectivity index (χ0v) is 9.05. The number of imidazole rings is 1. The number of nitrogens with two attached hydrogens (primary N) is 1. The first-order valence-electron chi connectivity index (χ1n) is 4.43. The molecule has 3 N–H and O–H groups in total. The second-order valence-corrected chi connectivity index (χ2v) is 4.71. The fourth-order valence-electron chi connectivity index (χ4n) is 1.19. The molecule has 0 saturated carbocycles. The molecule has 0 atom stereocenters. The molecule has 0 bridgehead atoms. The Morgan fingerprint density at radius 3 is 2.44 bits per heavy atom. The summed E-state index contributed by atoms with van der Waals surface area (Å²) in [7, 11) is -3.63. The molecule has 0 unspecified atom stereocenters. The molecule has 0 amide bonds. The van der Waals surface area contributed by atoms with E-state index >= 15 is 0 Å². The van der Waals surface area contributed by atoms with Crippen LogP contribution in [0.15, 0.2) is 47.9 Å². The van der Waals surface area contributed by atoms with Gasteiger partial charge in [0, 0.05) is 12.4 Å².